The van der Waals surface area contributed by atoms with Gasteiger partial charge in [0.1, 0.15) is 5.75 Å². The van der Waals surface area contributed by atoms with E-state index in [-0.39, 0.29) is 29.5 Å². The van der Waals surface area contributed by atoms with Crippen molar-refractivity contribution < 1.29 is 23.0 Å². The van der Waals surface area contributed by atoms with E-state index >= 15 is 0 Å². The van der Waals surface area contributed by atoms with Crippen molar-refractivity contribution in [3.63, 3.8) is 0 Å². The van der Waals surface area contributed by atoms with Crippen LogP contribution >= 0.6 is 0 Å². The molecule has 1 unspecified atom stereocenters. The first kappa shape index (κ1) is 21.2. The van der Waals surface area contributed by atoms with Crippen molar-refractivity contribution in [3.8, 4) is 5.75 Å². The summed E-state index contributed by atoms with van der Waals surface area (Å²) in [5.74, 6) is -0.296. The highest BCUT2D eigenvalue weighted by Gasteiger charge is 2.27. The first-order valence-corrected chi connectivity index (χ1v) is 9.77. The molecule has 1 aliphatic rings. The Labute approximate surface area is 169 Å². The number of anilines is 1. The fourth-order valence-electron chi connectivity index (χ4n) is 3.39. The van der Waals surface area contributed by atoms with Gasteiger partial charge in [-0.15, -0.1) is 0 Å². The highest BCUT2D eigenvalue weighted by atomic mass is 19.3. The lowest BCUT2D eigenvalue weighted by Gasteiger charge is -2.35. The van der Waals surface area contributed by atoms with Gasteiger partial charge in [0, 0.05) is 13.1 Å². The Morgan fingerprint density at radius 2 is 1.76 bits per heavy atom. The number of hydrogen-bond acceptors (Lipinski definition) is 4. The predicted molar refractivity (Wildman–Crippen MR) is 107 cm³/mol. The van der Waals surface area contributed by atoms with Crippen LogP contribution in [0.1, 0.15) is 25.3 Å². The minimum Gasteiger partial charge on any atom is -0.433 e. The molecule has 156 valence electrons. The maximum Gasteiger partial charge on any atom is 0.387 e. The molecule has 1 fully saturated rings. The average molecular weight is 404 g/mol. The number of hydrogen-bond donors (Lipinski definition) is 1. The maximum atomic E-state index is 12.6. The van der Waals surface area contributed by atoms with Crippen molar-refractivity contribution in [2.45, 2.75) is 45.1 Å². The van der Waals surface area contributed by atoms with Gasteiger partial charge in [-0.1, -0.05) is 42.5 Å². The van der Waals surface area contributed by atoms with Gasteiger partial charge in [-0.3, -0.25) is 9.69 Å². The first-order chi connectivity index (χ1) is 14.0. The Bertz CT molecular complexity index is 781. The number of piperidine rings is 1. The lowest BCUT2D eigenvalue weighted by atomic mass is 10.1. The third-order valence-corrected chi connectivity index (χ3v) is 5.09. The summed E-state index contributed by atoms with van der Waals surface area (Å²) in [5, 5.41) is 2.70. The summed E-state index contributed by atoms with van der Waals surface area (Å²) >= 11 is 0. The Hall–Kier alpha value is -2.51. The molecule has 3 rings (SSSR count). The molecule has 1 amide bonds. The molecular weight excluding hydrogens is 378 g/mol. The molecule has 0 bridgehead atoms. The van der Waals surface area contributed by atoms with Crippen LogP contribution in [0.5, 0.6) is 5.75 Å². The normalized spacial score (nSPS) is 16.6. The molecule has 7 heteroatoms. The van der Waals surface area contributed by atoms with Crippen LogP contribution in [0.25, 0.3) is 0 Å². The molecule has 0 spiro atoms. The van der Waals surface area contributed by atoms with E-state index in [0.29, 0.717) is 6.61 Å². The Morgan fingerprint density at radius 3 is 2.45 bits per heavy atom. The van der Waals surface area contributed by atoms with E-state index in [1.165, 1.54) is 6.07 Å². The standard InChI is InChI=1S/C22H26F2N2O3/c1-16(21(27)25-19-9-5-6-10-20(19)29-22(23)24)26-13-11-18(12-14-26)28-15-17-7-3-2-4-8-17/h2-10,16,18,22H,11-15H2,1H3,(H,25,27). The zero-order valence-electron chi connectivity index (χ0n) is 16.4. The summed E-state index contributed by atoms with van der Waals surface area (Å²) in [4.78, 5) is 14.7. The van der Waals surface area contributed by atoms with Crippen LogP contribution in [-0.4, -0.2) is 42.7 Å². The van der Waals surface area contributed by atoms with Gasteiger partial charge in [0.25, 0.3) is 0 Å². The van der Waals surface area contributed by atoms with Gasteiger partial charge in [0.2, 0.25) is 5.91 Å². The molecule has 1 aliphatic heterocycles. The molecule has 1 saturated heterocycles. The summed E-state index contributed by atoms with van der Waals surface area (Å²) in [6.07, 6.45) is 1.85. The zero-order chi connectivity index (χ0) is 20.6. The topological polar surface area (TPSA) is 50.8 Å². The van der Waals surface area contributed by atoms with Crippen molar-refractivity contribution in [1.29, 1.82) is 0 Å². The number of likely N-dealkylation sites (tertiary alicyclic amines) is 1. The van der Waals surface area contributed by atoms with Crippen LogP contribution < -0.4 is 10.1 Å². The second kappa shape index (κ2) is 10.3. The smallest absolute Gasteiger partial charge is 0.387 e. The quantitative estimate of drug-likeness (QED) is 0.713. The van der Waals surface area contributed by atoms with E-state index in [2.05, 4.69) is 15.0 Å². The van der Waals surface area contributed by atoms with Crippen LogP contribution in [0.15, 0.2) is 54.6 Å². The SMILES string of the molecule is CC(C(=O)Nc1ccccc1OC(F)F)N1CCC(OCc2ccccc2)CC1. The number of carbonyl (C=O) groups is 1. The average Bonchev–Trinajstić information content (AvgIpc) is 2.74. The second-order valence-corrected chi connectivity index (χ2v) is 7.07. The van der Waals surface area contributed by atoms with Crippen molar-refractivity contribution in [3.05, 3.63) is 60.2 Å². The monoisotopic (exact) mass is 404 g/mol. The second-order valence-electron chi connectivity index (χ2n) is 7.07. The number of alkyl halides is 2. The third kappa shape index (κ3) is 6.24. The highest BCUT2D eigenvalue weighted by Crippen LogP contribution is 2.26. The number of halogens is 2. The number of para-hydroxylation sites is 2. The molecule has 0 saturated carbocycles. The largest absolute Gasteiger partial charge is 0.433 e. The van der Waals surface area contributed by atoms with Gasteiger partial charge >= 0.3 is 6.61 Å². The number of nitrogens with one attached hydrogen (secondary N) is 1. The van der Waals surface area contributed by atoms with E-state index in [1.54, 1.807) is 18.2 Å². The van der Waals surface area contributed by atoms with Crippen LogP contribution in [0.2, 0.25) is 0 Å². The molecular formula is C22H26F2N2O3. The number of carbonyl (C=O) groups excluding carboxylic acids is 1. The molecule has 2 aromatic rings. The van der Waals surface area contributed by atoms with E-state index in [1.807, 2.05) is 37.3 Å². The summed E-state index contributed by atoms with van der Waals surface area (Å²) in [6, 6.07) is 15.8. The Morgan fingerprint density at radius 1 is 1.10 bits per heavy atom. The predicted octanol–water partition coefficient (Wildman–Crippen LogP) is 4.30. The van der Waals surface area contributed by atoms with Crippen LogP contribution in [0.3, 0.4) is 0 Å². The van der Waals surface area contributed by atoms with Crippen LogP contribution in [-0.2, 0) is 16.1 Å². The third-order valence-electron chi connectivity index (χ3n) is 5.09. The molecule has 0 radical (unpaired) electrons. The molecule has 2 aromatic carbocycles. The van der Waals surface area contributed by atoms with E-state index < -0.39 is 6.61 Å². The van der Waals surface area contributed by atoms with Crippen molar-refractivity contribution >= 4 is 11.6 Å². The molecule has 0 aromatic heterocycles. The highest BCUT2D eigenvalue weighted by molar-refractivity contribution is 5.95. The molecule has 1 atom stereocenters. The van der Waals surface area contributed by atoms with E-state index in [9.17, 15) is 13.6 Å². The number of nitrogens with zero attached hydrogens (tertiary/aromatic N) is 1. The maximum absolute atomic E-state index is 12.6. The Balaban J connectivity index is 1.48. The molecule has 5 nitrogen and oxygen atoms in total. The molecule has 1 N–H and O–H groups in total. The minimum atomic E-state index is -2.94. The fraction of sp³-hybridized carbons (Fsp3) is 0.409. The first-order valence-electron chi connectivity index (χ1n) is 9.77. The zero-order valence-corrected chi connectivity index (χ0v) is 16.4. The van der Waals surface area contributed by atoms with Gasteiger partial charge < -0.3 is 14.8 Å². The molecule has 1 heterocycles. The minimum absolute atomic E-state index is 0.0453. The van der Waals surface area contributed by atoms with Gasteiger partial charge in [-0.05, 0) is 37.5 Å². The Kier molecular flexibility index (Phi) is 7.55. The van der Waals surface area contributed by atoms with Gasteiger partial charge in [-0.2, -0.15) is 8.78 Å². The number of ether oxygens (including phenoxy) is 2. The van der Waals surface area contributed by atoms with Gasteiger partial charge in [0.15, 0.2) is 0 Å². The van der Waals surface area contributed by atoms with E-state index in [0.717, 1.165) is 31.5 Å². The summed E-state index contributed by atoms with van der Waals surface area (Å²) in [6.45, 7) is 0.937. The van der Waals surface area contributed by atoms with Crippen molar-refractivity contribution in [2.75, 3.05) is 18.4 Å². The lowest BCUT2D eigenvalue weighted by molar-refractivity contribution is -0.122. The van der Waals surface area contributed by atoms with Crippen molar-refractivity contribution in [1.82, 2.24) is 4.90 Å². The molecule has 29 heavy (non-hydrogen) atoms. The van der Waals surface area contributed by atoms with Crippen LogP contribution in [0.4, 0.5) is 14.5 Å². The summed E-state index contributed by atoms with van der Waals surface area (Å²) < 4.78 is 35.5. The fourth-order valence-corrected chi connectivity index (χ4v) is 3.39. The summed E-state index contributed by atoms with van der Waals surface area (Å²) in [7, 11) is 0. The van der Waals surface area contributed by atoms with Gasteiger partial charge in [-0.25, -0.2) is 0 Å². The van der Waals surface area contributed by atoms with E-state index in [4.69, 9.17) is 4.74 Å². The lowest BCUT2D eigenvalue weighted by Crippen LogP contribution is -2.47. The molecule has 0 aliphatic carbocycles. The van der Waals surface area contributed by atoms with Gasteiger partial charge in [0.05, 0.1) is 24.4 Å². The summed E-state index contributed by atoms with van der Waals surface area (Å²) in [5.41, 5.74) is 1.39. The number of amides is 1. The van der Waals surface area contributed by atoms with Crippen molar-refractivity contribution in [2.24, 2.45) is 0 Å². The number of rotatable bonds is 8. The number of benzene rings is 2. The van der Waals surface area contributed by atoms with Crippen LogP contribution in [0, 0.1) is 0 Å².